The molecule has 0 fully saturated rings. The quantitative estimate of drug-likeness (QED) is 0.569. The molecule has 114 valence electrons. The second-order valence-electron chi connectivity index (χ2n) is 5.30. The fourth-order valence-corrected chi connectivity index (χ4v) is 2.55. The lowest BCUT2D eigenvalue weighted by Gasteiger charge is -2.09. The highest BCUT2D eigenvalue weighted by Crippen LogP contribution is 2.22. The Bertz CT molecular complexity index is 691. The van der Waals surface area contributed by atoms with Crippen LogP contribution in [0.2, 0.25) is 10.0 Å². The molecule has 0 N–H and O–H groups in total. The van der Waals surface area contributed by atoms with Crippen molar-refractivity contribution in [2.45, 2.75) is 6.54 Å². The molecule has 0 bridgehead atoms. The Morgan fingerprint density at radius 1 is 1.09 bits per heavy atom. The number of rotatable bonds is 5. The predicted octanol–water partition coefficient (Wildman–Crippen LogP) is 4.95. The van der Waals surface area contributed by atoms with Crippen molar-refractivity contribution in [1.29, 1.82) is 0 Å². The van der Waals surface area contributed by atoms with Crippen LogP contribution in [0.15, 0.2) is 48.5 Å². The summed E-state index contributed by atoms with van der Waals surface area (Å²) in [5.41, 5.74) is 2.65. The molecule has 0 saturated heterocycles. The largest absolute Gasteiger partial charge is 0.305 e. The van der Waals surface area contributed by atoms with Crippen LogP contribution in [0.3, 0.4) is 0 Å². The number of carbonyl (C=O) groups excluding carboxylic acids is 1. The monoisotopic (exact) mass is 333 g/mol. The third kappa shape index (κ3) is 4.70. The van der Waals surface area contributed by atoms with E-state index in [1.165, 1.54) is 11.6 Å². The number of hydrogen-bond acceptors (Lipinski definition) is 2. The first kappa shape index (κ1) is 16.8. The van der Waals surface area contributed by atoms with Crippen molar-refractivity contribution in [1.82, 2.24) is 4.90 Å². The maximum absolute atomic E-state index is 12.1. The Morgan fingerprint density at radius 2 is 1.77 bits per heavy atom. The molecule has 0 radical (unpaired) electrons. The van der Waals surface area contributed by atoms with Gasteiger partial charge in [0.05, 0.1) is 5.02 Å². The van der Waals surface area contributed by atoms with Crippen LogP contribution in [0.1, 0.15) is 21.5 Å². The molecule has 0 amide bonds. The van der Waals surface area contributed by atoms with E-state index in [2.05, 4.69) is 17.0 Å². The van der Waals surface area contributed by atoms with Crippen LogP contribution in [0.25, 0.3) is 6.08 Å². The summed E-state index contributed by atoms with van der Waals surface area (Å²) in [6.07, 6.45) is 3.31. The molecule has 0 aliphatic carbocycles. The molecule has 2 aromatic rings. The third-order valence-electron chi connectivity index (χ3n) is 3.10. The fraction of sp³-hybridized carbons (Fsp3) is 0.167. The van der Waals surface area contributed by atoms with Crippen LogP contribution >= 0.6 is 23.2 Å². The van der Waals surface area contributed by atoms with E-state index in [4.69, 9.17) is 23.2 Å². The Balaban J connectivity index is 2.09. The molecule has 0 atom stereocenters. The maximum atomic E-state index is 12.1. The Hall–Kier alpha value is -1.61. The Kier molecular flexibility index (Phi) is 5.78. The van der Waals surface area contributed by atoms with E-state index in [9.17, 15) is 4.79 Å². The second-order valence-corrected chi connectivity index (χ2v) is 6.14. The van der Waals surface area contributed by atoms with Crippen LogP contribution < -0.4 is 0 Å². The van der Waals surface area contributed by atoms with Gasteiger partial charge in [-0.3, -0.25) is 4.79 Å². The van der Waals surface area contributed by atoms with Gasteiger partial charge < -0.3 is 4.90 Å². The van der Waals surface area contributed by atoms with E-state index in [0.717, 1.165) is 12.1 Å². The summed E-state index contributed by atoms with van der Waals surface area (Å²) in [5, 5.41) is 0.880. The molecule has 2 nitrogen and oxygen atoms in total. The lowest BCUT2D eigenvalue weighted by atomic mass is 10.1. The van der Waals surface area contributed by atoms with Gasteiger partial charge in [-0.2, -0.15) is 0 Å². The van der Waals surface area contributed by atoms with Crippen LogP contribution in [0.4, 0.5) is 0 Å². The van der Waals surface area contributed by atoms with Crippen molar-refractivity contribution in [3.05, 3.63) is 75.3 Å². The number of hydrogen-bond donors (Lipinski definition) is 0. The van der Waals surface area contributed by atoms with Crippen LogP contribution in [-0.4, -0.2) is 24.8 Å². The average Bonchev–Trinajstić information content (AvgIpc) is 2.45. The van der Waals surface area contributed by atoms with Crippen molar-refractivity contribution in [3.63, 3.8) is 0 Å². The molecule has 2 aromatic carbocycles. The summed E-state index contributed by atoms with van der Waals surface area (Å²) in [6.45, 7) is 0.892. The first-order chi connectivity index (χ1) is 10.5. The Labute approximate surface area is 141 Å². The lowest BCUT2D eigenvalue weighted by molar-refractivity contribution is 0.104. The number of allylic oxidation sites excluding steroid dienone is 1. The van der Waals surface area contributed by atoms with Crippen LogP contribution in [0.5, 0.6) is 0 Å². The molecule has 0 aliphatic rings. The zero-order chi connectivity index (χ0) is 16.1. The summed E-state index contributed by atoms with van der Waals surface area (Å²) < 4.78 is 0. The number of nitrogens with zero attached hydrogens (tertiary/aromatic N) is 1. The molecule has 22 heavy (non-hydrogen) atoms. The summed E-state index contributed by atoms with van der Waals surface area (Å²) in [7, 11) is 4.06. The number of carbonyl (C=O) groups is 1. The van der Waals surface area contributed by atoms with E-state index < -0.39 is 0 Å². The lowest BCUT2D eigenvalue weighted by Crippen LogP contribution is -2.10. The van der Waals surface area contributed by atoms with Gasteiger partial charge in [-0.15, -0.1) is 0 Å². The highest BCUT2D eigenvalue weighted by atomic mass is 35.5. The SMILES string of the molecule is CN(C)Cc1ccc(C=CC(=O)c2ccc(Cl)cc2Cl)cc1. The minimum Gasteiger partial charge on any atom is -0.305 e. The van der Waals surface area contributed by atoms with E-state index in [1.54, 1.807) is 24.3 Å². The molecule has 0 aromatic heterocycles. The summed E-state index contributed by atoms with van der Waals surface area (Å²) >= 11 is 11.9. The molecule has 4 heteroatoms. The molecule has 0 spiro atoms. The summed E-state index contributed by atoms with van der Waals surface area (Å²) in [6, 6.07) is 13.0. The molecule has 0 saturated carbocycles. The van der Waals surface area contributed by atoms with Gasteiger partial charge >= 0.3 is 0 Å². The molecular formula is C18H17Cl2NO. The number of benzene rings is 2. The Morgan fingerprint density at radius 3 is 2.36 bits per heavy atom. The van der Waals surface area contributed by atoms with Gasteiger partial charge in [0, 0.05) is 17.1 Å². The van der Waals surface area contributed by atoms with Gasteiger partial charge in [-0.25, -0.2) is 0 Å². The maximum Gasteiger partial charge on any atom is 0.187 e. The first-order valence-electron chi connectivity index (χ1n) is 6.87. The zero-order valence-electron chi connectivity index (χ0n) is 12.5. The number of halogens is 2. The van der Waals surface area contributed by atoms with E-state index >= 15 is 0 Å². The predicted molar refractivity (Wildman–Crippen MR) is 93.7 cm³/mol. The van der Waals surface area contributed by atoms with Gasteiger partial charge in [0.1, 0.15) is 0 Å². The first-order valence-corrected chi connectivity index (χ1v) is 7.62. The molecule has 0 unspecified atom stereocenters. The van der Waals surface area contributed by atoms with E-state index in [1.807, 2.05) is 26.2 Å². The fourth-order valence-electron chi connectivity index (χ4n) is 2.05. The van der Waals surface area contributed by atoms with Crippen molar-refractivity contribution < 1.29 is 4.79 Å². The van der Waals surface area contributed by atoms with Gasteiger partial charge in [0.15, 0.2) is 5.78 Å². The molecular weight excluding hydrogens is 317 g/mol. The second kappa shape index (κ2) is 7.59. The van der Waals surface area contributed by atoms with E-state index in [0.29, 0.717) is 15.6 Å². The minimum atomic E-state index is -0.140. The third-order valence-corrected chi connectivity index (χ3v) is 3.65. The molecule has 0 aliphatic heterocycles. The zero-order valence-corrected chi connectivity index (χ0v) is 14.0. The van der Waals surface area contributed by atoms with Gasteiger partial charge in [-0.05, 0) is 49.5 Å². The summed E-state index contributed by atoms with van der Waals surface area (Å²) in [4.78, 5) is 14.2. The smallest absolute Gasteiger partial charge is 0.187 e. The molecule has 2 rings (SSSR count). The highest BCUT2D eigenvalue weighted by Gasteiger charge is 2.07. The van der Waals surface area contributed by atoms with Crippen molar-refractivity contribution in [2.24, 2.45) is 0 Å². The summed E-state index contributed by atoms with van der Waals surface area (Å²) in [5.74, 6) is -0.140. The molecule has 0 heterocycles. The van der Waals surface area contributed by atoms with Gasteiger partial charge in [0.25, 0.3) is 0 Å². The minimum absolute atomic E-state index is 0.140. The topological polar surface area (TPSA) is 20.3 Å². The normalized spacial score (nSPS) is 11.3. The van der Waals surface area contributed by atoms with Gasteiger partial charge in [-0.1, -0.05) is 53.5 Å². The van der Waals surface area contributed by atoms with Crippen LogP contribution in [-0.2, 0) is 6.54 Å². The standard InChI is InChI=1S/C18H17Cl2NO/c1-21(2)12-14-5-3-13(4-6-14)7-10-18(22)16-9-8-15(19)11-17(16)20/h3-11H,12H2,1-2H3. The average molecular weight is 334 g/mol. The van der Waals surface area contributed by atoms with Gasteiger partial charge in [0.2, 0.25) is 0 Å². The van der Waals surface area contributed by atoms with E-state index in [-0.39, 0.29) is 5.78 Å². The van der Waals surface area contributed by atoms with Crippen LogP contribution in [0, 0.1) is 0 Å². The number of ketones is 1. The van der Waals surface area contributed by atoms with Crippen molar-refractivity contribution in [3.8, 4) is 0 Å². The highest BCUT2D eigenvalue weighted by molar-refractivity contribution is 6.37. The van der Waals surface area contributed by atoms with Crippen molar-refractivity contribution in [2.75, 3.05) is 14.1 Å². The van der Waals surface area contributed by atoms with Crippen molar-refractivity contribution >= 4 is 35.1 Å².